The topological polar surface area (TPSA) is 58.6 Å². The average Bonchev–Trinajstić information content (AvgIpc) is 2.97. The van der Waals surface area contributed by atoms with Crippen molar-refractivity contribution in [1.82, 2.24) is 4.90 Å². The second-order valence-electron chi connectivity index (χ2n) is 8.49. The molecule has 5 nitrogen and oxygen atoms in total. The number of esters is 1. The highest BCUT2D eigenvalue weighted by molar-refractivity contribution is 5.88. The van der Waals surface area contributed by atoms with E-state index in [0.717, 1.165) is 57.4 Å². The SMILES string of the molecule is CCOC(=O)C1(CCc2ccccc2)CCCN(Cc2ccc(NC(C)=O)cc2)CC1. The second-order valence-corrected chi connectivity index (χ2v) is 8.49. The van der Waals surface area contributed by atoms with Gasteiger partial charge in [-0.1, -0.05) is 42.5 Å². The maximum absolute atomic E-state index is 13.0. The van der Waals surface area contributed by atoms with Crippen LogP contribution in [0.5, 0.6) is 0 Å². The van der Waals surface area contributed by atoms with Gasteiger partial charge in [0.1, 0.15) is 0 Å². The van der Waals surface area contributed by atoms with Crippen molar-refractivity contribution in [3.63, 3.8) is 0 Å². The smallest absolute Gasteiger partial charge is 0.312 e. The van der Waals surface area contributed by atoms with Crippen LogP contribution in [-0.4, -0.2) is 36.5 Å². The molecule has 0 bridgehead atoms. The Kier molecular flexibility index (Phi) is 8.24. The summed E-state index contributed by atoms with van der Waals surface area (Å²) in [7, 11) is 0. The first-order valence-corrected chi connectivity index (χ1v) is 11.3. The van der Waals surface area contributed by atoms with Gasteiger partial charge in [-0.05, 0) is 75.4 Å². The van der Waals surface area contributed by atoms with Crippen molar-refractivity contribution in [2.24, 2.45) is 5.41 Å². The number of carbonyl (C=O) groups is 2. The minimum Gasteiger partial charge on any atom is -0.466 e. The molecule has 1 aliphatic rings. The van der Waals surface area contributed by atoms with E-state index in [2.05, 4.69) is 46.6 Å². The van der Waals surface area contributed by atoms with Crippen molar-refractivity contribution in [2.45, 2.75) is 52.5 Å². The molecule has 1 N–H and O–H groups in total. The highest BCUT2D eigenvalue weighted by atomic mass is 16.5. The zero-order valence-electron chi connectivity index (χ0n) is 18.7. The van der Waals surface area contributed by atoms with Crippen molar-refractivity contribution in [2.75, 3.05) is 25.0 Å². The summed E-state index contributed by atoms with van der Waals surface area (Å²) in [5.41, 5.74) is 2.89. The van der Waals surface area contributed by atoms with Gasteiger partial charge in [0, 0.05) is 19.2 Å². The molecule has 0 aromatic heterocycles. The lowest BCUT2D eigenvalue weighted by atomic mass is 9.76. The third kappa shape index (κ3) is 6.66. The van der Waals surface area contributed by atoms with Crippen molar-refractivity contribution < 1.29 is 14.3 Å². The van der Waals surface area contributed by atoms with E-state index in [1.54, 1.807) is 0 Å². The molecule has 31 heavy (non-hydrogen) atoms. The molecular formula is C26H34N2O3. The van der Waals surface area contributed by atoms with E-state index in [1.165, 1.54) is 18.1 Å². The van der Waals surface area contributed by atoms with E-state index in [9.17, 15) is 9.59 Å². The zero-order chi connectivity index (χ0) is 22.1. The first kappa shape index (κ1) is 23.0. The van der Waals surface area contributed by atoms with Crippen molar-refractivity contribution in [3.05, 3.63) is 65.7 Å². The minimum atomic E-state index is -0.407. The molecule has 1 fully saturated rings. The minimum absolute atomic E-state index is 0.0348. The second kappa shape index (κ2) is 11.1. The number of nitrogens with zero attached hydrogens (tertiary/aromatic N) is 1. The van der Waals surface area contributed by atoms with E-state index >= 15 is 0 Å². The normalized spacial score (nSPS) is 19.4. The predicted octanol–water partition coefficient (Wildman–Crippen LogP) is 4.81. The standard InChI is InChI=1S/C26H34N2O3/c1-3-31-25(30)26(16-14-22-8-5-4-6-9-22)15-7-18-28(19-17-26)20-23-10-12-24(13-11-23)27-21(2)29/h4-6,8-13H,3,7,14-20H2,1-2H3,(H,27,29). The molecule has 0 aliphatic carbocycles. The maximum Gasteiger partial charge on any atom is 0.312 e. The summed E-state index contributed by atoms with van der Waals surface area (Å²) in [6.07, 6.45) is 4.40. The van der Waals surface area contributed by atoms with Gasteiger partial charge in [0.15, 0.2) is 0 Å². The Hall–Kier alpha value is -2.66. The number of amides is 1. The molecule has 2 aromatic carbocycles. The molecule has 1 heterocycles. The van der Waals surface area contributed by atoms with Gasteiger partial charge in [0.2, 0.25) is 5.91 Å². The third-order valence-electron chi connectivity index (χ3n) is 6.16. The van der Waals surface area contributed by atoms with Gasteiger partial charge in [0.05, 0.1) is 12.0 Å². The highest BCUT2D eigenvalue weighted by Crippen LogP contribution is 2.38. The van der Waals surface area contributed by atoms with E-state index in [1.807, 2.05) is 25.1 Å². The largest absolute Gasteiger partial charge is 0.466 e. The van der Waals surface area contributed by atoms with Gasteiger partial charge in [-0.3, -0.25) is 14.5 Å². The van der Waals surface area contributed by atoms with Crippen molar-refractivity contribution in [3.8, 4) is 0 Å². The predicted molar refractivity (Wildman–Crippen MR) is 124 cm³/mol. The molecule has 0 spiro atoms. The van der Waals surface area contributed by atoms with Gasteiger partial charge < -0.3 is 10.1 Å². The number of likely N-dealkylation sites (tertiary alicyclic amines) is 1. The van der Waals surface area contributed by atoms with Gasteiger partial charge in [-0.25, -0.2) is 0 Å². The number of hydrogen-bond acceptors (Lipinski definition) is 4. The van der Waals surface area contributed by atoms with Crippen molar-refractivity contribution in [1.29, 1.82) is 0 Å². The lowest BCUT2D eigenvalue weighted by molar-refractivity contribution is -0.156. The molecule has 1 saturated heterocycles. The number of benzene rings is 2. The molecule has 5 heteroatoms. The molecule has 0 radical (unpaired) electrons. The van der Waals surface area contributed by atoms with E-state index in [0.29, 0.717) is 6.61 Å². The van der Waals surface area contributed by atoms with Crippen LogP contribution in [0.4, 0.5) is 5.69 Å². The first-order chi connectivity index (χ1) is 15.0. The number of carbonyl (C=O) groups excluding carboxylic acids is 2. The Bertz CT molecular complexity index is 851. The fourth-order valence-electron chi connectivity index (χ4n) is 4.43. The molecule has 1 unspecified atom stereocenters. The summed E-state index contributed by atoms with van der Waals surface area (Å²) < 4.78 is 5.54. The third-order valence-corrected chi connectivity index (χ3v) is 6.16. The molecule has 2 aromatic rings. The number of nitrogens with one attached hydrogen (secondary N) is 1. The monoisotopic (exact) mass is 422 g/mol. The molecule has 1 amide bonds. The summed E-state index contributed by atoms with van der Waals surface area (Å²) in [5.74, 6) is -0.0986. The first-order valence-electron chi connectivity index (χ1n) is 11.3. The summed E-state index contributed by atoms with van der Waals surface area (Å²) >= 11 is 0. The summed E-state index contributed by atoms with van der Waals surface area (Å²) in [6, 6.07) is 18.4. The van der Waals surface area contributed by atoms with Gasteiger partial charge in [-0.2, -0.15) is 0 Å². The Balaban J connectivity index is 1.64. The van der Waals surface area contributed by atoms with E-state index < -0.39 is 5.41 Å². The Morgan fingerprint density at radius 2 is 1.74 bits per heavy atom. The summed E-state index contributed by atoms with van der Waals surface area (Å²) in [5, 5.41) is 2.80. The number of ether oxygens (including phenoxy) is 1. The molecule has 1 atom stereocenters. The fourth-order valence-corrected chi connectivity index (χ4v) is 4.43. The summed E-state index contributed by atoms with van der Waals surface area (Å²) in [6.45, 7) is 6.52. The van der Waals surface area contributed by atoms with E-state index in [4.69, 9.17) is 4.74 Å². The molecule has 1 aliphatic heterocycles. The molecule has 3 rings (SSSR count). The van der Waals surface area contributed by atoms with Crippen LogP contribution in [-0.2, 0) is 27.3 Å². The number of rotatable bonds is 8. The lowest BCUT2D eigenvalue weighted by Crippen LogP contribution is -2.35. The highest BCUT2D eigenvalue weighted by Gasteiger charge is 2.40. The van der Waals surface area contributed by atoms with Gasteiger partial charge >= 0.3 is 5.97 Å². The van der Waals surface area contributed by atoms with Gasteiger partial charge in [-0.15, -0.1) is 0 Å². The van der Waals surface area contributed by atoms with Crippen LogP contribution in [0.2, 0.25) is 0 Å². The number of aryl methyl sites for hydroxylation is 1. The quantitative estimate of drug-likeness (QED) is 0.620. The van der Waals surface area contributed by atoms with Gasteiger partial charge in [0.25, 0.3) is 0 Å². The number of anilines is 1. The van der Waals surface area contributed by atoms with Crippen LogP contribution in [0.15, 0.2) is 54.6 Å². The summed E-state index contributed by atoms with van der Waals surface area (Å²) in [4.78, 5) is 26.6. The van der Waals surface area contributed by atoms with Crippen molar-refractivity contribution >= 4 is 17.6 Å². The fraction of sp³-hybridized carbons (Fsp3) is 0.462. The molecule has 166 valence electrons. The van der Waals surface area contributed by atoms with Crippen LogP contribution in [0.1, 0.15) is 50.7 Å². The Morgan fingerprint density at radius 1 is 1.00 bits per heavy atom. The molecular weight excluding hydrogens is 388 g/mol. The van der Waals surface area contributed by atoms with Crippen LogP contribution in [0, 0.1) is 5.41 Å². The average molecular weight is 423 g/mol. The number of hydrogen-bond donors (Lipinski definition) is 1. The Labute approximate surface area is 185 Å². The zero-order valence-corrected chi connectivity index (χ0v) is 18.7. The van der Waals surface area contributed by atoms with Crippen LogP contribution in [0.3, 0.4) is 0 Å². The Morgan fingerprint density at radius 3 is 2.42 bits per heavy atom. The van der Waals surface area contributed by atoms with E-state index in [-0.39, 0.29) is 11.9 Å². The van der Waals surface area contributed by atoms with Crippen LogP contribution in [0.25, 0.3) is 0 Å². The van der Waals surface area contributed by atoms with Crippen LogP contribution >= 0.6 is 0 Å². The molecule has 0 saturated carbocycles. The van der Waals surface area contributed by atoms with Crippen LogP contribution < -0.4 is 5.32 Å². The lowest BCUT2D eigenvalue weighted by Gasteiger charge is -2.30. The maximum atomic E-state index is 13.0.